The minimum Gasteiger partial charge on any atom is -0.401 e. The van der Waals surface area contributed by atoms with E-state index < -0.39 is 0 Å². The van der Waals surface area contributed by atoms with Gasteiger partial charge in [0.1, 0.15) is 0 Å². The Hall–Kier alpha value is -0.861. The van der Waals surface area contributed by atoms with Crippen molar-refractivity contribution in [3.05, 3.63) is 59.7 Å². The topological polar surface area (TPSA) is 40.5 Å². The van der Waals surface area contributed by atoms with Crippen LogP contribution in [0.1, 0.15) is 37.2 Å². The standard InChI is InChI=1S/2C7H9O.Fe/c2*1-6(8)7-4-2-3-5-7;/h2*2-6,8H,1H3;/q2*-1;+2. The molecule has 0 aliphatic heterocycles. The van der Waals surface area contributed by atoms with Crippen molar-refractivity contribution in [1.82, 2.24) is 0 Å². The molecule has 2 aromatic rings. The fourth-order valence-corrected chi connectivity index (χ4v) is 1.33. The van der Waals surface area contributed by atoms with Crippen LogP contribution < -0.4 is 0 Å². The van der Waals surface area contributed by atoms with Crippen molar-refractivity contribution in [2.45, 2.75) is 26.1 Å². The monoisotopic (exact) mass is 274 g/mol. The number of hydrogen-bond acceptors (Lipinski definition) is 2. The molecule has 17 heavy (non-hydrogen) atoms. The molecule has 0 amide bonds. The van der Waals surface area contributed by atoms with E-state index in [4.69, 9.17) is 10.2 Å². The van der Waals surface area contributed by atoms with E-state index in [0.29, 0.717) is 0 Å². The van der Waals surface area contributed by atoms with Crippen molar-refractivity contribution < 1.29 is 27.3 Å². The van der Waals surface area contributed by atoms with Crippen LogP contribution in [0.5, 0.6) is 0 Å². The number of rotatable bonds is 2. The number of aliphatic hydroxyl groups is 2. The van der Waals surface area contributed by atoms with Gasteiger partial charge < -0.3 is 10.2 Å². The summed E-state index contributed by atoms with van der Waals surface area (Å²) in [5, 5.41) is 17.8. The maximum absolute atomic E-state index is 8.91. The Labute approximate surface area is 113 Å². The van der Waals surface area contributed by atoms with Crippen molar-refractivity contribution >= 4 is 0 Å². The van der Waals surface area contributed by atoms with Crippen LogP contribution >= 0.6 is 0 Å². The van der Waals surface area contributed by atoms with E-state index in [-0.39, 0.29) is 29.3 Å². The second kappa shape index (κ2) is 8.26. The zero-order chi connectivity index (χ0) is 12.0. The summed E-state index contributed by atoms with van der Waals surface area (Å²) in [6.07, 6.45) is -0.630. The Bertz CT molecular complexity index is 323. The average molecular weight is 274 g/mol. The molecule has 2 rings (SSSR count). The van der Waals surface area contributed by atoms with E-state index in [1.165, 1.54) is 0 Å². The molecule has 0 aliphatic carbocycles. The molecule has 0 fully saturated rings. The fourth-order valence-electron chi connectivity index (χ4n) is 1.33. The van der Waals surface area contributed by atoms with Gasteiger partial charge in [-0.2, -0.15) is 24.3 Å². The first kappa shape index (κ1) is 16.1. The molecule has 2 atom stereocenters. The number of aliphatic hydroxyl groups excluding tert-OH is 2. The van der Waals surface area contributed by atoms with Gasteiger partial charge in [0.25, 0.3) is 0 Å². The first-order chi connectivity index (χ1) is 7.61. The predicted molar refractivity (Wildman–Crippen MR) is 65.3 cm³/mol. The van der Waals surface area contributed by atoms with Crippen molar-refractivity contribution in [2.24, 2.45) is 0 Å². The molecule has 0 aliphatic rings. The number of hydrogen-bond donors (Lipinski definition) is 2. The molecule has 0 spiro atoms. The molecule has 2 nitrogen and oxygen atoms in total. The summed E-state index contributed by atoms with van der Waals surface area (Å²) in [7, 11) is 0. The van der Waals surface area contributed by atoms with Gasteiger partial charge in [-0.05, 0) is 13.8 Å². The zero-order valence-electron chi connectivity index (χ0n) is 10.0. The normalized spacial score (nSPS) is 12.9. The first-order valence-electron chi connectivity index (χ1n) is 5.40. The predicted octanol–water partition coefficient (Wildman–Crippen LogP) is 2.92. The van der Waals surface area contributed by atoms with Gasteiger partial charge in [0.15, 0.2) is 0 Å². The van der Waals surface area contributed by atoms with E-state index in [9.17, 15) is 0 Å². The van der Waals surface area contributed by atoms with E-state index in [2.05, 4.69) is 0 Å². The third-order valence-electron chi connectivity index (χ3n) is 2.34. The van der Waals surface area contributed by atoms with Crippen molar-refractivity contribution in [3.8, 4) is 0 Å². The van der Waals surface area contributed by atoms with Crippen LogP contribution in [0.15, 0.2) is 48.5 Å². The molecule has 2 unspecified atom stereocenters. The SMILES string of the molecule is CC(O)[c-]1cccc1.CC(O)[c-]1cccc1.[Fe+2]. The largest absolute Gasteiger partial charge is 2.00 e. The molecule has 0 heterocycles. The maximum Gasteiger partial charge on any atom is 2.00 e. The quantitative estimate of drug-likeness (QED) is 0.653. The van der Waals surface area contributed by atoms with Crippen LogP contribution in [0.25, 0.3) is 0 Å². The molecule has 2 N–H and O–H groups in total. The van der Waals surface area contributed by atoms with Gasteiger partial charge in [0.2, 0.25) is 0 Å². The van der Waals surface area contributed by atoms with E-state index in [1.54, 1.807) is 13.8 Å². The van der Waals surface area contributed by atoms with Crippen LogP contribution in [-0.2, 0) is 17.1 Å². The summed E-state index contributed by atoms with van der Waals surface area (Å²) in [4.78, 5) is 0. The summed E-state index contributed by atoms with van der Waals surface area (Å²) in [6.45, 7) is 3.52. The second-order valence-corrected chi connectivity index (χ2v) is 3.79. The third kappa shape index (κ3) is 5.85. The van der Waals surface area contributed by atoms with Gasteiger partial charge in [-0.25, -0.2) is 24.3 Å². The molecule has 2 aromatic carbocycles. The summed E-state index contributed by atoms with van der Waals surface area (Å²) in [5.41, 5.74) is 1.98. The van der Waals surface area contributed by atoms with E-state index >= 15 is 0 Å². The Kier molecular flexibility index (Phi) is 7.84. The van der Waals surface area contributed by atoms with Crippen LogP contribution in [0.3, 0.4) is 0 Å². The molecule has 0 bridgehead atoms. The molecular weight excluding hydrogens is 256 g/mol. The fraction of sp³-hybridized carbons (Fsp3) is 0.286. The summed E-state index contributed by atoms with van der Waals surface area (Å²) in [5.74, 6) is 0. The average Bonchev–Trinajstić information content (AvgIpc) is 2.93. The molecule has 94 valence electrons. The van der Waals surface area contributed by atoms with Gasteiger partial charge in [-0.15, -0.1) is 11.1 Å². The van der Waals surface area contributed by atoms with Crippen molar-refractivity contribution in [3.63, 3.8) is 0 Å². The van der Waals surface area contributed by atoms with Gasteiger partial charge in [-0.3, -0.25) is 0 Å². The Morgan fingerprint density at radius 3 is 1.06 bits per heavy atom. The van der Waals surface area contributed by atoms with Gasteiger partial charge in [-0.1, -0.05) is 0 Å². The van der Waals surface area contributed by atoms with Crippen LogP contribution in [0, 0.1) is 0 Å². The maximum atomic E-state index is 8.91. The van der Waals surface area contributed by atoms with Gasteiger partial charge in [0, 0.05) is 12.2 Å². The molecule has 3 heteroatoms. The Morgan fingerprint density at radius 1 is 0.706 bits per heavy atom. The van der Waals surface area contributed by atoms with E-state index in [1.807, 2.05) is 48.5 Å². The molecule has 0 saturated carbocycles. The first-order valence-corrected chi connectivity index (χ1v) is 5.40. The van der Waals surface area contributed by atoms with Gasteiger partial charge >= 0.3 is 17.1 Å². The van der Waals surface area contributed by atoms with Crippen LogP contribution in [0.2, 0.25) is 0 Å². The van der Waals surface area contributed by atoms with Crippen LogP contribution in [-0.4, -0.2) is 10.2 Å². The Balaban J connectivity index is 0.000000284. The zero-order valence-corrected chi connectivity index (χ0v) is 11.1. The molecule has 0 aromatic heterocycles. The van der Waals surface area contributed by atoms with E-state index in [0.717, 1.165) is 11.1 Å². The summed E-state index contributed by atoms with van der Waals surface area (Å²) < 4.78 is 0. The smallest absolute Gasteiger partial charge is 0.401 e. The third-order valence-corrected chi connectivity index (χ3v) is 2.34. The van der Waals surface area contributed by atoms with Crippen molar-refractivity contribution in [2.75, 3.05) is 0 Å². The summed E-state index contributed by atoms with van der Waals surface area (Å²) >= 11 is 0. The van der Waals surface area contributed by atoms with Gasteiger partial charge in [0.05, 0.1) is 0 Å². The molecule has 0 saturated heterocycles. The van der Waals surface area contributed by atoms with Crippen LogP contribution in [0.4, 0.5) is 0 Å². The minimum absolute atomic E-state index is 0. The second-order valence-electron chi connectivity index (χ2n) is 3.79. The molecule has 0 radical (unpaired) electrons. The molecular formula is C14H18FeO2. The minimum atomic E-state index is -0.315. The summed E-state index contributed by atoms with van der Waals surface area (Å²) in [6, 6.07) is 15.3. The van der Waals surface area contributed by atoms with Crippen molar-refractivity contribution in [1.29, 1.82) is 0 Å². The Morgan fingerprint density at radius 2 is 0.941 bits per heavy atom.